The molecular formula is C16H24N2OS. The lowest BCUT2D eigenvalue weighted by atomic mass is 9.83. The Morgan fingerprint density at radius 1 is 1.35 bits per heavy atom. The van der Waals surface area contributed by atoms with Gasteiger partial charge in [-0.25, -0.2) is 0 Å². The van der Waals surface area contributed by atoms with Crippen LogP contribution >= 0.6 is 12.2 Å². The normalized spacial score (nSPS) is 12.8. The molecular weight excluding hydrogens is 268 g/mol. The van der Waals surface area contributed by atoms with Crippen molar-refractivity contribution in [2.45, 2.75) is 33.1 Å². The minimum Gasteiger partial charge on any atom is -0.393 e. The third-order valence-electron chi connectivity index (χ3n) is 3.68. The Bertz CT molecular complexity index is 471. The second-order valence-electron chi connectivity index (χ2n) is 5.64. The van der Waals surface area contributed by atoms with Crippen LogP contribution in [0, 0.1) is 5.92 Å². The summed E-state index contributed by atoms with van der Waals surface area (Å²) in [6, 6.07) is 9.85. The number of nitrogens with zero attached hydrogens (tertiary/aromatic N) is 1. The summed E-state index contributed by atoms with van der Waals surface area (Å²) in [5.41, 5.74) is 6.12. The molecule has 1 aromatic carbocycles. The Morgan fingerprint density at radius 3 is 2.35 bits per heavy atom. The summed E-state index contributed by atoms with van der Waals surface area (Å²) in [4.78, 5) is 15.1. The highest BCUT2D eigenvalue weighted by atomic mass is 32.1. The number of hydrogen-bond acceptors (Lipinski definition) is 2. The fourth-order valence-electron chi connectivity index (χ4n) is 2.15. The summed E-state index contributed by atoms with van der Waals surface area (Å²) in [6.07, 6.45) is 0. The van der Waals surface area contributed by atoms with Crippen LogP contribution in [0.5, 0.6) is 0 Å². The molecule has 0 saturated heterocycles. The van der Waals surface area contributed by atoms with Crippen LogP contribution in [0.2, 0.25) is 0 Å². The van der Waals surface area contributed by atoms with Crippen molar-refractivity contribution in [2.24, 2.45) is 11.7 Å². The number of likely N-dealkylation sites (N-methyl/N-ethyl adjacent to an activating group) is 1. The molecule has 2 N–H and O–H groups in total. The summed E-state index contributed by atoms with van der Waals surface area (Å²) in [5.74, 6) is 0.134. The molecule has 1 atom stereocenters. The van der Waals surface area contributed by atoms with Crippen LogP contribution in [-0.4, -0.2) is 28.9 Å². The van der Waals surface area contributed by atoms with Gasteiger partial charge < -0.3 is 10.6 Å². The molecule has 0 aromatic heterocycles. The molecule has 0 heterocycles. The maximum Gasteiger partial charge on any atom is 0.232 e. The van der Waals surface area contributed by atoms with Crippen molar-refractivity contribution in [3.8, 4) is 0 Å². The van der Waals surface area contributed by atoms with Gasteiger partial charge >= 0.3 is 0 Å². The quantitative estimate of drug-likeness (QED) is 0.820. The summed E-state index contributed by atoms with van der Waals surface area (Å²) >= 11 is 5.00. The van der Waals surface area contributed by atoms with Crippen LogP contribution < -0.4 is 5.73 Å². The predicted molar refractivity (Wildman–Crippen MR) is 87.7 cm³/mol. The largest absolute Gasteiger partial charge is 0.393 e. The van der Waals surface area contributed by atoms with Crippen molar-refractivity contribution in [3.05, 3.63) is 35.9 Å². The standard InChI is InChI=1S/C16H24N2OS/c1-5-18(11-12(2)14(17)20)15(19)16(3,4)13-9-7-6-8-10-13/h6-10,12H,5,11H2,1-4H3,(H2,17,20). The Balaban J connectivity index is 2.93. The van der Waals surface area contributed by atoms with E-state index in [1.54, 1.807) is 0 Å². The number of rotatable bonds is 6. The van der Waals surface area contributed by atoms with Gasteiger partial charge in [0.2, 0.25) is 5.91 Å². The second-order valence-corrected chi connectivity index (χ2v) is 6.11. The zero-order valence-corrected chi connectivity index (χ0v) is 13.5. The van der Waals surface area contributed by atoms with Gasteiger partial charge in [0, 0.05) is 19.0 Å². The Labute approximate surface area is 127 Å². The van der Waals surface area contributed by atoms with E-state index < -0.39 is 5.41 Å². The molecule has 1 rings (SSSR count). The maximum absolute atomic E-state index is 12.8. The first-order chi connectivity index (χ1) is 9.30. The van der Waals surface area contributed by atoms with Crippen molar-refractivity contribution < 1.29 is 4.79 Å². The topological polar surface area (TPSA) is 46.3 Å². The molecule has 110 valence electrons. The van der Waals surface area contributed by atoms with E-state index >= 15 is 0 Å². The highest BCUT2D eigenvalue weighted by Crippen LogP contribution is 2.25. The van der Waals surface area contributed by atoms with E-state index in [4.69, 9.17) is 18.0 Å². The van der Waals surface area contributed by atoms with Crippen LogP contribution in [-0.2, 0) is 10.2 Å². The van der Waals surface area contributed by atoms with Crippen molar-refractivity contribution in [2.75, 3.05) is 13.1 Å². The van der Waals surface area contributed by atoms with Gasteiger partial charge in [-0.15, -0.1) is 0 Å². The molecule has 0 aliphatic heterocycles. The van der Waals surface area contributed by atoms with E-state index in [-0.39, 0.29) is 11.8 Å². The first-order valence-electron chi connectivity index (χ1n) is 6.95. The molecule has 0 radical (unpaired) electrons. The lowest BCUT2D eigenvalue weighted by Crippen LogP contribution is -2.46. The molecule has 3 nitrogen and oxygen atoms in total. The average Bonchev–Trinajstić information content (AvgIpc) is 2.44. The van der Waals surface area contributed by atoms with Crippen LogP contribution in [0.4, 0.5) is 0 Å². The highest BCUT2D eigenvalue weighted by molar-refractivity contribution is 7.80. The van der Waals surface area contributed by atoms with E-state index in [0.29, 0.717) is 18.1 Å². The third-order valence-corrected chi connectivity index (χ3v) is 4.08. The number of benzene rings is 1. The number of thiocarbonyl (C=S) groups is 1. The summed E-state index contributed by atoms with van der Waals surface area (Å²) in [6.45, 7) is 9.07. The number of carbonyl (C=O) groups excluding carboxylic acids is 1. The Kier molecular flexibility index (Phi) is 5.69. The van der Waals surface area contributed by atoms with Crippen LogP contribution in [0.25, 0.3) is 0 Å². The van der Waals surface area contributed by atoms with Gasteiger partial charge in [-0.05, 0) is 26.3 Å². The molecule has 1 amide bonds. The monoisotopic (exact) mass is 292 g/mol. The van der Waals surface area contributed by atoms with Gasteiger partial charge in [0.15, 0.2) is 0 Å². The molecule has 0 fully saturated rings. The molecule has 0 bridgehead atoms. The second kappa shape index (κ2) is 6.84. The van der Waals surface area contributed by atoms with Gasteiger partial charge in [-0.1, -0.05) is 49.5 Å². The SMILES string of the molecule is CCN(CC(C)C(N)=S)C(=O)C(C)(C)c1ccccc1. The van der Waals surface area contributed by atoms with E-state index in [0.717, 1.165) is 5.56 Å². The van der Waals surface area contributed by atoms with Gasteiger partial charge in [-0.3, -0.25) is 4.79 Å². The zero-order valence-electron chi connectivity index (χ0n) is 12.7. The smallest absolute Gasteiger partial charge is 0.232 e. The van der Waals surface area contributed by atoms with Crippen molar-refractivity contribution in [1.29, 1.82) is 0 Å². The van der Waals surface area contributed by atoms with Crippen LogP contribution in [0.1, 0.15) is 33.3 Å². The van der Waals surface area contributed by atoms with Gasteiger partial charge in [0.25, 0.3) is 0 Å². The van der Waals surface area contributed by atoms with Gasteiger partial charge in [-0.2, -0.15) is 0 Å². The van der Waals surface area contributed by atoms with E-state index in [1.165, 1.54) is 0 Å². The van der Waals surface area contributed by atoms with Crippen LogP contribution in [0.15, 0.2) is 30.3 Å². The number of nitrogens with two attached hydrogens (primary N) is 1. The summed E-state index contributed by atoms with van der Waals surface area (Å²) in [7, 11) is 0. The summed E-state index contributed by atoms with van der Waals surface area (Å²) < 4.78 is 0. The van der Waals surface area contributed by atoms with E-state index in [1.807, 2.05) is 62.9 Å². The van der Waals surface area contributed by atoms with E-state index in [2.05, 4.69) is 0 Å². The highest BCUT2D eigenvalue weighted by Gasteiger charge is 2.33. The molecule has 1 aromatic rings. The number of carbonyl (C=O) groups is 1. The minimum atomic E-state index is -0.548. The maximum atomic E-state index is 12.8. The van der Waals surface area contributed by atoms with Crippen molar-refractivity contribution in [3.63, 3.8) is 0 Å². The zero-order chi connectivity index (χ0) is 15.3. The molecule has 0 aliphatic carbocycles. The first kappa shape index (κ1) is 16.6. The van der Waals surface area contributed by atoms with Crippen molar-refractivity contribution >= 4 is 23.1 Å². The minimum absolute atomic E-state index is 0.0282. The first-order valence-corrected chi connectivity index (χ1v) is 7.35. The summed E-state index contributed by atoms with van der Waals surface area (Å²) in [5, 5.41) is 0. The number of amides is 1. The van der Waals surface area contributed by atoms with Gasteiger partial charge in [0.1, 0.15) is 0 Å². The van der Waals surface area contributed by atoms with Crippen molar-refractivity contribution in [1.82, 2.24) is 4.90 Å². The molecule has 4 heteroatoms. The van der Waals surface area contributed by atoms with Gasteiger partial charge in [0.05, 0.1) is 10.4 Å². The molecule has 0 spiro atoms. The Morgan fingerprint density at radius 2 is 1.90 bits per heavy atom. The van der Waals surface area contributed by atoms with Crippen LogP contribution in [0.3, 0.4) is 0 Å². The molecule has 0 aliphatic rings. The average molecular weight is 292 g/mol. The van der Waals surface area contributed by atoms with E-state index in [9.17, 15) is 4.79 Å². The molecule has 20 heavy (non-hydrogen) atoms. The third kappa shape index (κ3) is 3.79. The fraction of sp³-hybridized carbons (Fsp3) is 0.500. The number of hydrogen-bond donors (Lipinski definition) is 1. The lowest BCUT2D eigenvalue weighted by molar-refractivity contribution is -0.136. The Hall–Kier alpha value is -1.42. The lowest BCUT2D eigenvalue weighted by Gasteiger charge is -2.33. The molecule has 1 unspecified atom stereocenters. The fourth-order valence-corrected chi connectivity index (χ4v) is 2.22. The molecule has 0 saturated carbocycles. The predicted octanol–water partition coefficient (Wildman–Crippen LogP) is 2.73.